The van der Waals surface area contributed by atoms with E-state index in [1.165, 1.54) is 49.9 Å². The number of halogens is 1. The Hall–Kier alpha value is -0.820. The van der Waals surface area contributed by atoms with E-state index in [1.807, 2.05) is 7.05 Å². The molecule has 2 aliphatic rings. The lowest BCUT2D eigenvalue weighted by atomic mass is 9.78. The molecule has 1 atom stereocenters. The van der Waals surface area contributed by atoms with Crippen LogP contribution in [0.2, 0.25) is 0 Å². The number of fused-ring (bicyclic) bond motifs is 1. The van der Waals surface area contributed by atoms with Gasteiger partial charge in [-0.1, -0.05) is 30.7 Å². The van der Waals surface area contributed by atoms with Crippen LogP contribution < -0.4 is 10.6 Å². The highest BCUT2D eigenvalue weighted by Gasteiger charge is 2.28. The molecule has 0 bridgehead atoms. The van der Waals surface area contributed by atoms with Crippen molar-refractivity contribution in [3.8, 4) is 0 Å². The van der Waals surface area contributed by atoms with Crippen molar-refractivity contribution in [1.82, 2.24) is 15.5 Å². The van der Waals surface area contributed by atoms with Gasteiger partial charge in [0.2, 0.25) is 0 Å². The second-order valence-electron chi connectivity index (χ2n) is 7.77. The molecular weight excluding hydrogens is 423 g/mol. The SMILES string of the molecule is CN=C(NCC1Cc2ccccc21)NCC(C)(C)N1CCCCC1.I. The minimum absolute atomic E-state index is 0. The molecule has 0 spiro atoms. The molecule has 0 radical (unpaired) electrons. The van der Waals surface area contributed by atoms with E-state index in [1.54, 1.807) is 0 Å². The van der Waals surface area contributed by atoms with Crippen molar-refractivity contribution < 1.29 is 0 Å². The van der Waals surface area contributed by atoms with Crippen molar-refractivity contribution in [2.45, 2.75) is 51.0 Å². The lowest BCUT2D eigenvalue weighted by molar-refractivity contribution is 0.0982. The molecule has 1 aliphatic heterocycles. The zero-order chi connectivity index (χ0) is 17.0. The molecule has 0 amide bonds. The van der Waals surface area contributed by atoms with Crippen LogP contribution in [-0.4, -0.2) is 49.6 Å². The lowest BCUT2D eigenvalue weighted by Gasteiger charge is -2.41. The van der Waals surface area contributed by atoms with Gasteiger partial charge >= 0.3 is 0 Å². The summed E-state index contributed by atoms with van der Waals surface area (Å²) in [5, 5.41) is 7.04. The van der Waals surface area contributed by atoms with Crippen LogP contribution in [0, 0.1) is 0 Å². The summed E-state index contributed by atoms with van der Waals surface area (Å²) in [6.07, 6.45) is 5.22. The maximum absolute atomic E-state index is 4.40. The summed E-state index contributed by atoms with van der Waals surface area (Å²) in [5.41, 5.74) is 3.16. The molecule has 5 heteroatoms. The highest BCUT2D eigenvalue weighted by Crippen LogP contribution is 2.33. The predicted molar refractivity (Wildman–Crippen MR) is 117 cm³/mol. The van der Waals surface area contributed by atoms with Crippen molar-refractivity contribution in [3.63, 3.8) is 0 Å². The summed E-state index contributed by atoms with van der Waals surface area (Å²) < 4.78 is 0. The van der Waals surface area contributed by atoms with Crippen LogP contribution in [0.4, 0.5) is 0 Å². The van der Waals surface area contributed by atoms with Crippen LogP contribution in [-0.2, 0) is 6.42 Å². The molecule has 4 nitrogen and oxygen atoms in total. The zero-order valence-electron chi connectivity index (χ0n) is 15.8. The molecule has 1 unspecified atom stereocenters. The number of benzene rings is 1. The van der Waals surface area contributed by atoms with Gasteiger partial charge in [0.15, 0.2) is 5.96 Å². The molecule has 0 saturated carbocycles. The Morgan fingerprint density at radius 2 is 1.88 bits per heavy atom. The van der Waals surface area contributed by atoms with Crippen molar-refractivity contribution in [3.05, 3.63) is 35.4 Å². The van der Waals surface area contributed by atoms with E-state index in [9.17, 15) is 0 Å². The molecule has 1 aromatic carbocycles. The van der Waals surface area contributed by atoms with Gasteiger partial charge in [-0.25, -0.2) is 0 Å². The number of hydrogen-bond acceptors (Lipinski definition) is 2. The van der Waals surface area contributed by atoms with E-state index in [0.717, 1.165) is 19.0 Å². The number of likely N-dealkylation sites (tertiary alicyclic amines) is 1. The predicted octanol–water partition coefficient (Wildman–Crippen LogP) is 3.37. The molecule has 140 valence electrons. The second-order valence-corrected chi connectivity index (χ2v) is 7.77. The quantitative estimate of drug-likeness (QED) is 0.406. The van der Waals surface area contributed by atoms with E-state index < -0.39 is 0 Å². The van der Waals surface area contributed by atoms with Gasteiger partial charge in [-0.15, -0.1) is 24.0 Å². The fourth-order valence-electron chi connectivity index (χ4n) is 3.90. The molecular formula is C20H33IN4. The van der Waals surface area contributed by atoms with Crippen LogP contribution in [0.1, 0.15) is 50.2 Å². The molecule has 1 aromatic rings. The first-order chi connectivity index (χ1) is 11.6. The number of hydrogen-bond donors (Lipinski definition) is 2. The number of piperidine rings is 1. The molecule has 25 heavy (non-hydrogen) atoms. The van der Waals surface area contributed by atoms with Gasteiger partial charge in [-0.05, 0) is 57.3 Å². The van der Waals surface area contributed by atoms with Gasteiger partial charge < -0.3 is 10.6 Å². The van der Waals surface area contributed by atoms with E-state index in [-0.39, 0.29) is 29.5 Å². The van der Waals surface area contributed by atoms with E-state index in [4.69, 9.17) is 0 Å². The number of nitrogens with zero attached hydrogens (tertiary/aromatic N) is 2. The topological polar surface area (TPSA) is 39.7 Å². The van der Waals surface area contributed by atoms with Gasteiger partial charge in [0.1, 0.15) is 0 Å². The summed E-state index contributed by atoms with van der Waals surface area (Å²) in [5.74, 6) is 1.54. The molecule has 1 heterocycles. The van der Waals surface area contributed by atoms with Crippen LogP contribution in [0.15, 0.2) is 29.3 Å². The zero-order valence-corrected chi connectivity index (χ0v) is 18.2. The third-order valence-corrected chi connectivity index (χ3v) is 5.60. The Morgan fingerprint density at radius 1 is 1.16 bits per heavy atom. The maximum Gasteiger partial charge on any atom is 0.191 e. The average molecular weight is 456 g/mol. The molecule has 1 saturated heterocycles. The van der Waals surface area contributed by atoms with Crippen molar-refractivity contribution in [1.29, 1.82) is 0 Å². The monoisotopic (exact) mass is 456 g/mol. The molecule has 0 aromatic heterocycles. The van der Waals surface area contributed by atoms with Gasteiger partial charge in [0.25, 0.3) is 0 Å². The van der Waals surface area contributed by atoms with Gasteiger partial charge in [-0.3, -0.25) is 9.89 Å². The maximum atomic E-state index is 4.40. The van der Waals surface area contributed by atoms with Crippen molar-refractivity contribution >= 4 is 29.9 Å². The average Bonchev–Trinajstić information content (AvgIpc) is 2.59. The van der Waals surface area contributed by atoms with Crippen LogP contribution in [0.5, 0.6) is 0 Å². The normalized spacial score (nSPS) is 20.9. The van der Waals surface area contributed by atoms with Gasteiger partial charge in [0.05, 0.1) is 0 Å². The summed E-state index contributed by atoms with van der Waals surface area (Å²) in [6.45, 7) is 9.00. The summed E-state index contributed by atoms with van der Waals surface area (Å²) in [7, 11) is 1.86. The first-order valence-electron chi connectivity index (χ1n) is 9.37. The minimum atomic E-state index is 0. The molecule has 3 rings (SSSR count). The largest absolute Gasteiger partial charge is 0.356 e. The number of rotatable bonds is 5. The molecule has 1 fully saturated rings. The fourth-order valence-corrected chi connectivity index (χ4v) is 3.90. The Kier molecular flexibility index (Phi) is 7.55. The lowest BCUT2D eigenvalue weighted by Crippen LogP contribution is -2.55. The fraction of sp³-hybridized carbons (Fsp3) is 0.650. The number of nitrogens with one attached hydrogen (secondary N) is 2. The van der Waals surface area contributed by atoms with E-state index in [2.05, 4.69) is 58.6 Å². The van der Waals surface area contributed by atoms with Crippen LogP contribution >= 0.6 is 24.0 Å². The van der Waals surface area contributed by atoms with E-state index in [0.29, 0.717) is 5.92 Å². The highest BCUT2D eigenvalue weighted by atomic mass is 127. The van der Waals surface area contributed by atoms with Crippen molar-refractivity contribution in [2.24, 2.45) is 4.99 Å². The first kappa shape index (κ1) is 20.5. The Morgan fingerprint density at radius 3 is 2.56 bits per heavy atom. The smallest absolute Gasteiger partial charge is 0.191 e. The van der Waals surface area contributed by atoms with Crippen LogP contribution in [0.3, 0.4) is 0 Å². The van der Waals surface area contributed by atoms with E-state index >= 15 is 0 Å². The third kappa shape index (κ3) is 5.09. The third-order valence-electron chi connectivity index (χ3n) is 5.60. The number of aliphatic imine (C=N–C) groups is 1. The highest BCUT2D eigenvalue weighted by molar-refractivity contribution is 14.0. The van der Waals surface area contributed by atoms with Gasteiger partial charge in [0, 0.05) is 31.6 Å². The standard InChI is InChI=1S/C20H32N4.HI/c1-20(2,24-11-7-4-8-12-24)15-23-19(21-3)22-14-17-13-16-9-5-6-10-18(16)17;/h5-6,9-10,17H,4,7-8,11-15H2,1-3H3,(H2,21,22,23);1H. The summed E-state index contributed by atoms with van der Waals surface area (Å²) in [4.78, 5) is 7.01. The summed E-state index contributed by atoms with van der Waals surface area (Å²) in [6, 6.07) is 8.76. The second kappa shape index (κ2) is 9.21. The first-order valence-corrected chi connectivity index (χ1v) is 9.37. The molecule has 1 aliphatic carbocycles. The Bertz CT molecular complexity index is 579. The van der Waals surface area contributed by atoms with Crippen LogP contribution in [0.25, 0.3) is 0 Å². The Balaban J connectivity index is 0.00000225. The van der Waals surface area contributed by atoms with Gasteiger partial charge in [-0.2, -0.15) is 0 Å². The summed E-state index contributed by atoms with van der Waals surface area (Å²) >= 11 is 0. The number of guanidine groups is 1. The molecule has 2 N–H and O–H groups in total. The Labute approximate surface area is 169 Å². The minimum Gasteiger partial charge on any atom is -0.356 e. The van der Waals surface area contributed by atoms with Crippen molar-refractivity contribution in [2.75, 3.05) is 33.2 Å².